The number of aryl methyl sites for hydroxylation is 1. The fourth-order valence-electron chi connectivity index (χ4n) is 5.35. The second-order valence-electron chi connectivity index (χ2n) is 10.0. The molecule has 3 aromatic rings. The van der Waals surface area contributed by atoms with E-state index in [2.05, 4.69) is 119 Å². The van der Waals surface area contributed by atoms with E-state index in [1.54, 1.807) is 0 Å². The molecule has 1 heterocycles. The molecular weight excluding hydrogens is 500 g/mol. The van der Waals surface area contributed by atoms with Gasteiger partial charge in [-0.3, -0.25) is 4.79 Å². The van der Waals surface area contributed by atoms with Gasteiger partial charge >= 0.3 is 0 Å². The van der Waals surface area contributed by atoms with E-state index in [0.29, 0.717) is 0 Å². The Balaban J connectivity index is 0.00000287. The van der Waals surface area contributed by atoms with Crippen molar-refractivity contribution in [3.63, 3.8) is 0 Å². The summed E-state index contributed by atoms with van der Waals surface area (Å²) in [6.07, 6.45) is 7.74. The van der Waals surface area contributed by atoms with Crippen LogP contribution < -0.4 is 5.56 Å². The number of nitrogens with one attached hydrogen (secondary N) is 1. The van der Waals surface area contributed by atoms with Crippen LogP contribution in [0.3, 0.4) is 0 Å². The van der Waals surface area contributed by atoms with E-state index >= 15 is 0 Å². The molecule has 3 rings (SSSR count). The Morgan fingerprint density at radius 3 is 2.39 bits per heavy atom. The van der Waals surface area contributed by atoms with E-state index in [1.165, 1.54) is 5.57 Å². The zero-order valence-electron chi connectivity index (χ0n) is 25.6. The number of nitrogens with zero attached hydrogens (tertiary/aromatic N) is 1. The van der Waals surface area contributed by atoms with Gasteiger partial charge in [0.15, 0.2) is 0 Å². The number of H-pyrrole nitrogens is 1. The van der Waals surface area contributed by atoms with Gasteiger partial charge in [0.25, 0.3) is 5.56 Å². The second kappa shape index (κ2) is 16.9. The van der Waals surface area contributed by atoms with E-state index in [0.717, 1.165) is 64.7 Å². The number of rotatable bonds is 12. The third-order valence-electron chi connectivity index (χ3n) is 7.53. The zero-order chi connectivity index (χ0) is 30.4. The van der Waals surface area contributed by atoms with E-state index in [-0.39, 0.29) is 17.4 Å². The van der Waals surface area contributed by atoms with Crippen molar-refractivity contribution in [2.24, 2.45) is 5.92 Å². The maximum Gasteiger partial charge on any atom is 0.252 e. The van der Waals surface area contributed by atoms with Crippen LogP contribution in [0.1, 0.15) is 56.2 Å². The molecule has 1 unspecified atom stereocenters. The number of aromatic nitrogens is 1. The predicted octanol–water partition coefficient (Wildman–Crippen LogP) is 9.06. The van der Waals surface area contributed by atoms with Crippen LogP contribution in [0.25, 0.3) is 10.9 Å². The largest absolute Gasteiger partial charge is 0.322 e. The smallest absolute Gasteiger partial charge is 0.252 e. The summed E-state index contributed by atoms with van der Waals surface area (Å²) in [4.78, 5) is 19.3. The Bertz CT molecular complexity index is 1510. The molecule has 0 bridgehead atoms. The topological polar surface area (TPSA) is 36.1 Å². The Hall–Kier alpha value is -4.13. The molecule has 0 amide bonds. The number of allylic oxidation sites excluding steroid dienone is 6. The summed E-state index contributed by atoms with van der Waals surface area (Å²) in [7, 11) is 2.14. The molecule has 1 N–H and O–H groups in total. The van der Waals surface area contributed by atoms with E-state index in [4.69, 9.17) is 0 Å². The number of benzene rings is 2. The van der Waals surface area contributed by atoms with E-state index in [9.17, 15) is 4.79 Å². The first-order valence-electron chi connectivity index (χ1n) is 14.4. The number of hydrogen-bond donors (Lipinski definition) is 1. The highest BCUT2D eigenvalue weighted by Crippen LogP contribution is 2.42. The summed E-state index contributed by atoms with van der Waals surface area (Å²) in [6.45, 7) is 24.2. The average Bonchev–Trinajstić information content (AvgIpc) is 3.00. The lowest BCUT2D eigenvalue weighted by atomic mass is 9.72. The van der Waals surface area contributed by atoms with Gasteiger partial charge in [0.05, 0.1) is 0 Å². The SMILES string of the molecule is C=C.C=C=C=C(C(=C/C=C)/C(=C\C)CC)C(CCN(C)CC)[C@H](c1ccccc1)c1cc2cc(C)ccc2[nH]c1=O. The van der Waals surface area contributed by atoms with Crippen LogP contribution in [0.5, 0.6) is 0 Å². The molecule has 0 saturated heterocycles. The predicted molar refractivity (Wildman–Crippen MR) is 179 cm³/mol. The van der Waals surface area contributed by atoms with Gasteiger partial charge in [-0.1, -0.05) is 92.1 Å². The number of fused-ring (bicyclic) bond motifs is 1. The lowest BCUT2D eigenvalue weighted by molar-refractivity contribution is 0.317. The normalized spacial score (nSPS) is 13.0. The maximum atomic E-state index is 13.8. The first-order chi connectivity index (χ1) is 19.9. The van der Waals surface area contributed by atoms with Gasteiger partial charge in [-0.2, -0.15) is 0 Å². The molecule has 41 heavy (non-hydrogen) atoms. The van der Waals surface area contributed by atoms with Crippen molar-refractivity contribution >= 4 is 10.9 Å². The summed E-state index contributed by atoms with van der Waals surface area (Å²) in [6, 6.07) is 18.6. The summed E-state index contributed by atoms with van der Waals surface area (Å²) in [5, 5.41) is 1.03. The van der Waals surface area contributed by atoms with Crippen molar-refractivity contribution in [3.8, 4) is 0 Å². The summed E-state index contributed by atoms with van der Waals surface area (Å²) in [5.41, 5.74) is 13.4. The third kappa shape index (κ3) is 8.43. The number of pyridine rings is 1. The molecule has 1 aromatic heterocycles. The Morgan fingerprint density at radius 2 is 1.80 bits per heavy atom. The number of hydrogen-bond acceptors (Lipinski definition) is 2. The first-order valence-corrected chi connectivity index (χ1v) is 14.4. The second-order valence-corrected chi connectivity index (χ2v) is 10.0. The fourth-order valence-corrected chi connectivity index (χ4v) is 5.35. The summed E-state index contributed by atoms with van der Waals surface area (Å²) < 4.78 is 0. The van der Waals surface area contributed by atoms with Crippen LogP contribution in [-0.4, -0.2) is 30.0 Å². The van der Waals surface area contributed by atoms with Gasteiger partial charge in [-0.25, -0.2) is 0 Å². The number of aromatic amines is 1. The fraction of sp³-hybridized carbons (Fsp3) is 0.289. The summed E-state index contributed by atoms with van der Waals surface area (Å²) in [5.74, 6) is -0.268. The molecule has 0 aliphatic heterocycles. The molecule has 0 spiro atoms. The van der Waals surface area contributed by atoms with Crippen molar-refractivity contribution in [3.05, 3.63) is 154 Å². The van der Waals surface area contributed by atoms with Crippen molar-refractivity contribution in [2.45, 2.75) is 46.5 Å². The average molecular weight is 547 g/mol. The minimum atomic E-state index is -0.204. The quantitative estimate of drug-likeness (QED) is 0.140. The Morgan fingerprint density at radius 1 is 1.10 bits per heavy atom. The molecular formula is C38H46N2O. The molecule has 0 fully saturated rings. The van der Waals surface area contributed by atoms with Crippen LogP contribution in [0.4, 0.5) is 0 Å². The van der Waals surface area contributed by atoms with Crippen molar-refractivity contribution < 1.29 is 0 Å². The van der Waals surface area contributed by atoms with Gasteiger partial charge in [0.2, 0.25) is 0 Å². The van der Waals surface area contributed by atoms with Crippen molar-refractivity contribution in [1.29, 1.82) is 0 Å². The highest BCUT2D eigenvalue weighted by atomic mass is 16.1. The molecule has 0 saturated carbocycles. The highest BCUT2D eigenvalue weighted by molar-refractivity contribution is 5.80. The molecule has 0 radical (unpaired) electrons. The molecule has 214 valence electrons. The molecule has 0 aliphatic rings. The minimum Gasteiger partial charge on any atom is -0.322 e. The van der Waals surface area contributed by atoms with Gasteiger partial charge in [0.1, 0.15) is 0 Å². The molecule has 2 atom stereocenters. The zero-order valence-corrected chi connectivity index (χ0v) is 25.6. The molecule has 3 heteroatoms. The van der Waals surface area contributed by atoms with Gasteiger partial charge in [-0.05, 0) is 93.7 Å². The Labute approximate surface area is 247 Å². The molecule has 2 aromatic carbocycles. The molecule has 0 aliphatic carbocycles. The van der Waals surface area contributed by atoms with Crippen LogP contribution in [0, 0.1) is 12.8 Å². The maximum absolute atomic E-state index is 13.8. The Kier molecular flexibility index (Phi) is 13.6. The van der Waals surface area contributed by atoms with Crippen LogP contribution >= 0.6 is 0 Å². The lowest BCUT2D eigenvalue weighted by Crippen LogP contribution is -2.29. The van der Waals surface area contributed by atoms with Gasteiger partial charge < -0.3 is 9.88 Å². The standard InChI is InChI=1S/C36H42N2O.C2H4/c1-8-16-30(27(10-3)11-4)31(17-9-2)32(22-23-38(7)12-5)35(28-18-14-13-15-19-28)33-25-29-24-26(6)20-21-34(29)37-36(33)39;1-2/h8,10,13-16,18-21,24-25,32,35H,1-2,11-12,22-23H2,3-7H3,(H,37,39);1-2H2/b27-10-,30-16+;/t32?,35-;/m0./s1. The van der Waals surface area contributed by atoms with Crippen LogP contribution in [0.2, 0.25) is 0 Å². The van der Waals surface area contributed by atoms with E-state index < -0.39 is 0 Å². The van der Waals surface area contributed by atoms with Crippen molar-refractivity contribution in [1.82, 2.24) is 9.88 Å². The van der Waals surface area contributed by atoms with Crippen LogP contribution in [0.15, 0.2) is 132 Å². The minimum absolute atomic E-state index is 0.0630. The molecule has 3 nitrogen and oxygen atoms in total. The van der Waals surface area contributed by atoms with Crippen molar-refractivity contribution in [2.75, 3.05) is 20.1 Å². The van der Waals surface area contributed by atoms with Gasteiger partial charge in [-0.15, -0.1) is 13.2 Å². The highest BCUT2D eigenvalue weighted by Gasteiger charge is 2.32. The van der Waals surface area contributed by atoms with Gasteiger partial charge in [0, 0.05) is 28.5 Å². The van der Waals surface area contributed by atoms with Crippen LogP contribution in [-0.2, 0) is 0 Å². The van der Waals surface area contributed by atoms with E-state index in [1.807, 2.05) is 36.4 Å². The third-order valence-corrected chi connectivity index (χ3v) is 7.53. The first kappa shape index (κ1) is 33.1. The lowest BCUT2D eigenvalue weighted by Gasteiger charge is -2.32. The monoisotopic (exact) mass is 546 g/mol. The summed E-state index contributed by atoms with van der Waals surface area (Å²) >= 11 is 0.